The van der Waals surface area contributed by atoms with Crippen molar-refractivity contribution in [3.63, 3.8) is 0 Å². The second-order valence-electron chi connectivity index (χ2n) is 5.68. The topological polar surface area (TPSA) is 58.6 Å². The van der Waals surface area contributed by atoms with Gasteiger partial charge in [-0.05, 0) is 44.0 Å². The maximum absolute atomic E-state index is 13.3. The quantitative estimate of drug-likeness (QED) is 0.844. The highest BCUT2D eigenvalue weighted by Crippen LogP contribution is 2.37. The summed E-state index contributed by atoms with van der Waals surface area (Å²) in [6.45, 7) is 4.26. The summed E-state index contributed by atoms with van der Waals surface area (Å²) in [5.74, 6) is -0.711. The first-order valence-corrected chi connectivity index (χ1v) is 7.26. The lowest BCUT2D eigenvalue weighted by Gasteiger charge is -2.34. The molecule has 6 heteroatoms. The first-order valence-electron chi connectivity index (χ1n) is 7.26. The van der Waals surface area contributed by atoms with E-state index < -0.39 is 5.54 Å². The predicted octanol–water partition coefficient (Wildman–Crippen LogP) is 1.78. The normalized spacial score (nSPS) is 21.3. The number of ether oxygens (including phenoxy) is 1. The molecule has 1 aromatic rings. The molecule has 1 fully saturated rings. The first kappa shape index (κ1) is 16.4. The average molecular weight is 308 g/mol. The van der Waals surface area contributed by atoms with Crippen molar-refractivity contribution in [2.75, 3.05) is 25.2 Å². The molecule has 0 bridgehead atoms. The Morgan fingerprint density at radius 2 is 2.23 bits per heavy atom. The van der Waals surface area contributed by atoms with Crippen molar-refractivity contribution in [3.8, 4) is 0 Å². The molecule has 0 aromatic heterocycles. The fraction of sp³-hybridized carbons (Fsp3) is 0.500. The van der Waals surface area contributed by atoms with Crippen molar-refractivity contribution in [2.45, 2.75) is 32.2 Å². The molecule has 1 aliphatic rings. The molecule has 1 aromatic carbocycles. The highest BCUT2D eigenvalue weighted by molar-refractivity contribution is 6.06. The minimum Gasteiger partial charge on any atom is -0.383 e. The van der Waals surface area contributed by atoms with Gasteiger partial charge < -0.3 is 10.1 Å². The maximum atomic E-state index is 13.3. The summed E-state index contributed by atoms with van der Waals surface area (Å²) in [4.78, 5) is 26.3. The van der Waals surface area contributed by atoms with Gasteiger partial charge in [-0.1, -0.05) is 0 Å². The third-order valence-electron chi connectivity index (χ3n) is 4.05. The van der Waals surface area contributed by atoms with Crippen LogP contribution in [0.5, 0.6) is 0 Å². The number of anilines is 1. The largest absolute Gasteiger partial charge is 0.383 e. The number of methoxy groups -OCH3 is 1. The summed E-state index contributed by atoms with van der Waals surface area (Å²) < 4.78 is 18.2. The number of amides is 2. The lowest BCUT2D eigenvalue weighted by atomic mass is 9.96. The van der Waals surface area contributed by atoms with Gasteiger partial charge in [-0.2, -0.15) is 0 Å². The standard InChI is InChI=1S/C16H21FN2O3/c1-11-10-12(17)4-5-13(11)19-14(20)6-7-16(19,2)15(21)18-8-9-22-3/h4-5,10H,6-9H2,1-3H3,(H,18,21)/t16-/m1/s1. The Bertz CT molecular complexity index is 591. The fourth-order valence-electron chi connectivity index (χ4n) is 2.79. The summed E-state index contributed by atoms with van der Waals surface area (Å²) in [5, 5.41) is 2.79. The zero-order valence-corrected chi connectivity index (χ0v) is 13.1. The number of carbonyl (C=O) groups is 2. The van der Waals surface area contributed by atoms with Crippen molar-refractivity contribution in [3.05, 3.63) is 29.6 Å². The van der Waals surface area contributed by atoms with Gasteiger partial charge in [0, 0.05) is 25.8 Å². The molecule has 1 N–H and O–H groups in total. The molecule has 22 heavy (non-hydrogen) atoms. The lowest BCUT2D eigenvalue weighted by molar-refractivity contribution is -0.127. The SMILES string of the molecule is COCCNC(=O)[C@@]1(C)CCC(=O)N1c1ccc(F)cc1C. The molecule has 5 nitrogen and oxygen atoms in total. The Morgan fingerprint density at radius 1 is 1.50 bits per heavy atom. The second-order valence-corrected chi connectivity index (χ2v) is 5.68. The van der Waals surface area contributed by atoms with E-state index in [4.69, 9.17) is 4.74 Å². The van der Waals surface area contributed by atoms with Gasteiger partial charge in [-0.25, -0.2) is 4.39 Å². The summed E-state index contributed by atoms with van der Waals surface area (Å²) in [6, 6.07) is 4.22. The first-order chi connectivity index (χ1) is 10.4. The van der Waals surface area contributed by atoms with Crippen LogP contribution in [0.2, 0.25) is 0 Å². The molecule has 2 amide bonds. The molecular weight excluding hydrogens is 287 g/mol. The summed E-state index contributed by atoms with van der Waals surface area (Å²) >= 11 is 0. The molecule has 0 saturated carbocycles. The number of rotatable bonds is 5. The van der Waals surface area contributed by atoms with E-state index in [0.717, 1.165) is 0 Å². The number of hydrogen-bond donors (Lipinski definition) is 1. The molecule has 0 radical (unpaired) electrons. The minimum absolute atomic E-state index is 0.126. The van der Waals surface area contributed by atoms with E-state index in [2.05, 4.69) is 5.32 Å². The summed E-state index contributed by atoms with van der Waals surface area (Å²) in [7, 11) is 1.56. The van der Waals surface area contributed by atoms with E-state index in [1.54, 1.807) is 27.0 Å². The number of benzene rings is 1. The number of nitrogens with one attached hydrogen (secondary N) is 1. The third-order valence-corrected chi connectivity index (χ3v) is 4.05. The van der Waals surface area contributed by atoms with Gasteiger partial charge in [0.1, 0.15) is 11.4 Å². The van der Waals surface area contributed by atoms with Crippen molar-refractivity contribution in [1.82, 2.24) is 5.32 Å². The molecule has 1 saturated heterocycles. The van der Waals surface area contributed by atoms with Gasteiger partial charge in [0.25, 0.3) is 0 Å². The van der Waals surface area contributed by atoms with Gasteiger partial charge in [-0.15, -0.1) is 0 Å². The van der Waals surface area contributed by atoms with Crippen LogP contribution in [0.4, 0.5) is 10.1 Å². The Hall–Kier alpha value is -1.95. The van der Waals surface area contributed by atoms with Crippen LogP contribution in [0.1, 0.15) is 25.3 Å². The van der Waals surface area contributed by atoms with Gasteiger partial charge in [-0.3, -0.25) is 14.5 Å². The number of carbonyl (C=O) groups excluding carboxylic acids is 2. The lowest BCUT2D eigenvalue weighted by Crippen LogP contribution is -2.55. The van der Waals surface area contributed by atoms with Crippen LogP contribution in [0.15, 0.2) is 18.2 Å². The van der Waals surface area contributed by atoms with Crippen LogP contribution in [-0.4, -0.2) is 37.6 Å². The fourth-order valence-corrected chi connectivity index (χ4v) is 2.79. The highest BCUT2D eigenvalue weighted by atomic mass is 19.1. The van der Waals surface area contributed by atoms with Crippen molar-refractivity contribution in [2.24, 2.45) is 0 Å². The summed E-state index contributed by atoms with van der Waals surface area (Å²) in [5.41, 5.74) is 0.243. The zero-order chi connectivity index (χ0) is 16.3. The van der Waals surface area contributed by atoms with E-state index >= 15 is 0 Å². The smallest absolute Gasteiger partial charge is 0.246 e. The van der Waals surface area contributed by atoms with E-state index in [1.165, 1.54) is 17.0 Å². The van der Waals surface area contributed by atoms with Crippen molar-refractivity contribution >= 4 is 17.5 Å². The Morgan fingerprint density at radius 3 is 2.86 bits per heavy atom. The van der Waals surface area contributed by atoms with Crippen molar-refractivity contribution in [1.29, 1.82) is 0 Å². The van der Waals surface area contributed by atoms with E-state index in [0.29, 0.717) is 37.2 Å². The molecule has 1 aliphatic heterocycles. The Kier molecular flexibility index (Phi) is 4.81. The molecular formula is C16H21FN2O3. The molecule has 2 rings (SSSR count). The molecule has 120 valence electrons. The van der Waals surface area contributed by atoms with E-state index in [-0.39, 0.29) is 17.6 Å². The van der Waals surface area contributed by atoms with Crippen LogP contribution in [0.25, 0.3) is 0 Å². The maximum Gasteiger partial charge on any atom is 0.246 e. The molecule has 0 spiro atoms. The van der Waals surface area contributed by atoms with Crippen molar-refractivity contribution < 1.29 is 18.7 Å². The monoisotopic (exact) mass is 308 g/mol. The Labute approximate surface area is 129 Å². The van der Waals surface area contributed by atoms with Crippen LogP contribution in [-0.2, 0) is 14.3 Å². The molecule has 0 unspecified atom stereocenters. The van der Waals surface area contributed by atoms with Crippen LogP contribution < -0.4 is 10.2 Å². The average Bonchev–Trinajstić information content (AvgIpc) is 2.77. The summed E-state index contributed by atoms with van der Waals surface area (Å²) in [6.07, 6.45) is 0.729. The number of nitrogens with zero attached hydrogens (tertiary/aromatic N) is 1. The number of halogens is 1. The minimum atomic E-state index is -0.965. The van der Waals surface area contributed by atoms with Gasteiger partial charge in [0.2, 0.25) is 11.8 Å². The van der Waals surface area contributed by atoms with E-state index in [9.17, 15) is 14.0 Å². The van der Waals surface area contributed by atoms with Crippen LogP contribution in [0, 0.1) is 12.7 Å². The number of aryl methyl sites for hydroxylation is 1. The zero-order valence-electron chi connectivity index (χ0n) is 13.1. The van der Waals surface area contributed by atoms with Gasteiger partial charge in [0.05, 0.1) is 6.61 Å². The number of hydrogen-bond acceptors (Lipinski definition) is 3. The van der Waals surface area contributed by atoms with Crippen LogP contribution in [0.3, 0.4) is 0 Å². The predicted molar refractivity (Wildman–Crippen MR) is 81.1 cm³/mol. The highest BCUT2D eigenvalue weighted by Gasteiger charge is 2.48. The third kappa shape index (κ3) is 2.97. The van der Waals surface area contributed by atoms with Gasteiger partial charge >= 0.3 is 0 Å². The van der Waals surface area contributed by atoms with E-state index in [1.807, 2.05) is 0 Å². The second kappa shape index (κ2) is 6.44. The van der Waals surface area contributed by atoms with Crippen LogP contribution >= 0.6 is 0 Å². The Balaban J connectivity index is 2.30. The molecule has 0 aliphatic carbocycles. The molecule has 1 heterocycles. The molecule has 1 atom stereocenters. The van der Waals surface area contributed by atoms with Gasteiger partial charge in [0.15, 0.2) is 0 Å².